The lowest BCUT2D eigenvalue weighted by Crippen LogP contribution is -2.35. The normalized spacial score (nSPS) is 18.8. The zero-order valence-electron chi connectivity index (χ0n) is 7.55. The number of hydrogen-bond acceptors (Lipinski definition) is 3. The van der Waals surface area contributed by atoms with Crippen molar-refractivity contribution < 1.29 is 9.84 Å². The molecule has 3 heteroatoms. The van der Waals surface area contributed by atoms with Gasteiger partial charge in [0, 0.05) is 19.7 Å². The van der Waals surface area contributed by atoms with Crippen LogP contribution in [0.25, 0.3) is 0 Å². The van der Waals surface area contributed by atoms with Gasteiger partial charge in [-0.1, -0.05) is 6.92 Å². The maximum atomic E-state index is 7.57. The van der Waals surface area contributed by atoms with Gasteiger partial charge in [0.25, 0.3) is 0 Å². The predicted molar refractivity (Wildman–Crippen MR) is 45.7 cm³/mol. The Balaban J connectivity index is 0.000000292. The molecule has 0 atom stereocenters. The summed E-state index contributed by atoms with van der Waals surface area (Å²) in [6.45, 7) is 9.38. The molecule has 1 saturated heterocycles. The van der Waals surface area contributed by atoms with Crippen LogP contribution >= 0.6 is 0 Å². The molecular weight excluding hydrogens is 142 g/mol. The number of likely N-dealkylation sites (N-methyl/N-ethyl adjacent to an activating group) is 1. The van der Waals surface area contributed by atoms with E-state index in [0.29, 0.717) is 0 Å². The van der Waals surface area contributed by atoms with Crippen molar-refractivity contribution in [1.29, 1.82) is 0 Å². The van der Waals surface area contributed by atoms with E-state index in [0.717, 1.165) is 26.3 Å². The summed E-state index contributed by atoms with van der Waals surface area (Å²) in [7, 11) is 0. The molecule has 0 amide bonds. The Morgan fingerprint density at radius 2 is 1.73 bits per heavy atom. The molecule has 0 aromatic heterocycles. The van der Waals surface area contributed by atoms with Crippen molar-refractivity contribution in [3.63, 3.8) is 0 Å². The number of hydrogen-bond donors (Lipinski definition) is 1. The lowest BCUT2D eigenvalue weighted by Gasteiger charge is -2.24. The summed E-state index contributed by atoms with van der Waals surface area (Å²) in [6, 6.07) is 0. The Morgan fingerprint density at radius 3 is 2.00 bits per heavy atom. The smallest absolute Gasteiger partial charge is 0.0594 e. The van der Waals surface area contributed by atoms with Crippen molar-refractivity contribution in [1.82, 2.24) is 4.90 Å². The Labute approximate surface area is 69.0 Å². The van der Waals surface area contributed by atoms with Crippen molar-refractivity contribution in [2.45, 2.75) is 13.8 Å². The fraction of sp³-hybridized carbons (Fsp3) is 1.00. The van der Waals surface area contributed by atoms with E-state index in [4.69, 9.17) is 9.84 Å². The van der Waals surface area contributed by atoms with E-state index >= 15 is 0 Å². The van der Waals surface area contributed by atoms with Crippen LogP contribution in [0.1, 0.15) is 13.8 Å². The third-order valence-electron chi connectivity index (χ3n) is 1.55. The van der Waals surface area contributed by atoms with E-state index in [1.165, 1.54) is 6.54 Å². The van der Waals surface area contributed by atoms with Crippen molar-refractivity contribution in [3.8, 4) is 0 Å². The van der Waals surface area contributed by atoms with E-state index in [-0.39, 0.29) is 6.61 Å². The highest BCUT2D eigenvalue weighted by Gasteiger charge is 2.05. The molecule has 1 aliphatic heterocycles. The Hall–Kier alpha value is -0.120. The molecule has 0 saturated carbocycles. The topological polar surface area (TPSA) is 32.7 Å². The summed E-state index contributed by atoms with van der Waals surface area (Å²) in [5.41, 5.74) is 0. The molecule has 0 unspecified atom stereocenters. The maximum absolute atomic E-state index is 7.57. The number of nitrogens with zero attached hydrogens (tertiary/aromatic N) is 1. The Kier molecular flexibility index (Phi) is 7.89. The molecule has 0 aromatic rings. The zero-order chi connectivity index (χ0) is 8.53. The second-order valence-electron chi connectivity index (χ2n) is 2.36. The first kappa shape index (κ1) is 10.9. The van der Waals surface area contributed by atoms with E-state index in [9.17, 15) is 0 Å². The third-order valence-corrected chi connectivity index (χ3v) is 1.55. The first-order valence-corrected chi connectivity index (χ1v) is 4.26. The second kappa shape index (κ2) is 7.98. The molecule has 68 valence electrons. The van der Waals surface area contributed by atoms with Crippen LogP contribution in [-0.4, -0.2) is 49.5 Å². The molecule has 0 radical (unpaired) electrons. The van der Waals surface area contributed by atoms with Gasteiger partial charge in [-0.15, -0.1) is 0 Å². The number of rotatable bonds is 1. The van der Waals surface area contributed by atoms with Gasteiger partial charge >= 0.3 is 0 Å². The standard InChI is InChI=1S/C6H13NO.C2H6O/c1-2-7-3-5-8-6-4-7;1-2-3/h2-6H2,1H3;3H,2H2,1H3. The lowest BCUT2D eigenvalue weighted by molar-refractivity contribution is 0.0405. The SMILES string of the molecule is CCN1CCOCC1.CCO. The van der Waals surface area contributed by atoms with Crippen LogP contribution < -0.4 is 0 Å². The van der Waals surface area contributed by atoms with Gasteiger partial charge in [-0.3, -0.25) is 4.90 Å². The summed E-state index contributed by atoms with van der Waals surface area (Å²) in [4.78, 5) is 2.39. The van der Waals surface area contributed by atoms with Crippen LogP contribution in [0.5, 0.6) is 0 Å². The molecule has 0 bridgehead atoms. The van der Waals surface area contributed by atoms with Crippen molar-refractivity contribution in [2.24, 2.45) is 0 Å². The van der Waals surface area contributed by atoms with E-state index in [1.807, 2.05) is 0 Å². The average Bonchev–Trinajstić information content (AvgIpc) is 2.08. The van der Waals surface area contributed by atoms with Crippen LogP contribution in [0, 0.1) is 0 Å². The molecule has 0 aliphatic carbocycles. The lowest BCUT2D eigenvalue weighted by atomic mass is 10.4. The van der Waals surface area contributed by atoms with Crippen molar-refractivity contribution in [3.05, 3.63) is 0 Å². The molecule has 3 nitrogen and oxygen atoms in total. The molecule has 1 aliphatic rings. The monoisotopic (exact) mass is 161 g/mol. The van der Waals surface area contributed by atoms with E-state index in [2.05, 4.69) is 11.8 Å². The number of ether oxygens (including phenoxy) is 1. The quantitative estimate of drug-likeness (QED) is 0.602. The largest absolute Gasteiger partial charge is 0.397 e. The highest BCUT2D eigenvalue weighted by Crippen LogP contribution is 1.93. The number of aliphatic hydroxyl groups excluding tert-OH is 1. The summed E-state index contributed by atoms with van der Waals surface area (Å²) >= 11 is 0. The summed E-state index contributed by atoms with van der Waals surface area (Å²) in [5, 5.41) is 7.57. The molecule has 1 rings (SSSR count). The molecular formula is C8H19NO2. The molecule has 0 aromatic carbocycles. The van der Waals surface area contributed by atoms with Gasteiger partial charge in [-0.2, -0.15) is 0 Å². The summed E-state index contributed by atoms with van der Waals surface area (Å²) in [5.74, 6) is 0. The minimum Gasteiger partial charge on any atom is -0.397 e. The van der Waals surface area contributed by atoms with Gasteiger partial charge in [0.15, 0.2) is 0 Å². The van der Waals surface area contributed by atoms with Crippen LogP contribution in [0.4, 0.5) is 0 Å². The van der Waals surface area contributed by atoms with Crippen LogP contribution in [0.3, 0.4) is 0 Å². The minimum absolute atomic E-state index is 0.250. The van der Waals surface area contributed by atoms with Gasteiger partial charge in [0.05, 0.1) is 13.2 Å². The first-order valence-electron chi connectivity index (χ1n) is 4.26. The van der Waals surface area contributed by atoms with Crippen LogP contribution in [0.2, 0.25) is 0 Å². The van der Waals surface area contributed by atoms with E-state index in [1.54, 1.807) is 6.92 Å². The van der Waals surface area contributed by atoms with Crippen LogP contribution in [-0.2, 0) is 4.74 Å². The van der Waals surface area contributed by atoms with Crippen molar-refractivity contribution in [2.75, 3.05) is 39.5 Å². The Bertz CT molecular complexity index is 72.5. The van der Waals surface area contributed by atoms with Gasteiger partial charge in [0.2, 0.25) is 0 Å². The van der Waals surface area contributed by atoms with Gasteiger partial charge < -0.3 is 9.84 Å². The molecule has 1 fully saturated rings. The Morgan fingerprint density at radius 1 is 1.27 bits per heavy atom. The van der Waals surface area contributed by atoms with Crippen molar-refractivity contribution >= 4 is 0 Å². The molecule has 0 spiro atoms. The fourth-order valence-electron chi connectivity index (χ4n) is 0.917. The first-order chi connectivity index (χ1) is 5.35. The minimum atomic E-state index is 0.250. The second-order valence-corrected chi connectivity index (χ2v) is 2.36. The molecule has 1 N–H and O–H groups in total. The third kappa shape index (κ3) is 6.28. The van der Waals surface area contributed by atoms with Gasteiger partial charge in [0.1, 0.15) is 0 Å². The highest BCUT2D eigenvalue weighted by molar-refractivity contribution is 4.57. The fourth-order valence-corrected chi connectivity index (χ4v) is 0.917. The van der Waals surface area contributed by atoms with Gasteiger partial charge in [-0.25, -0.2) is 0 Å². The summed E-state index contributed by atoms with van der Waals surface area (Å²) < 4.78 is 5.16. The molecule has 1 heterocycles. The highest BCUT2D eigenvalue weighted by atomic mass is 16.5. The van der Waals surface area contributed by atoms with Crippen LogP contribution in [0.15, 0.2) is 0 Å². The number of aliphatic hydroxyl groups is 1. The van der Waals surface area contributed by atoms with E-state index < -0.39 is 0 Å². The maximum Gasteiger partial charge on any atom is 0.0594 e. The van der Waals surface area contributed by atoms with Gasteiger partial charge in [-0.05, 0) is 13.5 Å². The predicted octanol–water partition coefficient (Wildman–Crippen LogP) is 0.337. The average molecular weight is 161 g/mol. The zero-order valence-corrected chi connectivity index (χ0v) is 7.55. The molecule has 11 heavy (non-hydrogen) atoms. The number of morpholine rings is 1. The summed E-state index contributed by atoms with van der Waals surface area (Å²) in [6.07, 6.45) is 0.